The Kier molecular flexibility index (Phi) is 3.36. The third-order valence-electron chi connectivity index (χ3n) is 2.72. The minimum absolute atomic E-state index is 0.0519. The number of anilines is 1. The van der Waals surface area contributed by atoms with Gasteiger partial charge in [-0.3, -0.25) is 0 Å². The van der Waals surface area contributed by atoms with Gasteiger partial charge in [-0.2, -0.15) is 0 Å². The second-order valence-corrected chi connectivity index (χ2v) is 3.66. The number of nitrogens with two attached hydrogens (primary N) is 1. The standard InChI is InChI=1S/C11H14F2N2O/c12-9-1-2-10(11(13)8(9)7-14)15-3-5-16-6-4-15/h1-2H,3-7,14H2. The van der Waals surface area contributed by atoms with E-state index >= 15 is 0 Å². The Labute approximate surface area is 92.8 Å². The molecule has 1 fully saturated rings. The van der Waals surface area contributed by atoms with Crippen molar-refractivity contribution in [3.8, 4) is 0 Å². The van der Waals surface area contributed by atoms with E-state index in [4.69, 9.17) is 10.5 Å². The highest BCUT2D eigenvalue weighted by molar-refractivity contribution is 5.51. The van der Waals surface area contributed by atoms with Crippen LogP contribution in [0.15, 0.2) is 12.1 Å². The molecule has 1 aliphatic rings. The average molecular weight is 228 g/mol. The molecule has 0 atom stereocenters. The van der Waals surface area contributed by atoms with Crippen molar-refractivity contribution in [1.29, 1.82) is 0 Å². The smallest absolute Gasteiger partial charge is 0.153 e. The lowest BCUT2D eigenvalue weighted by atomic mass is 10.1. The monoisotopic (exact) mass is 228 g/mol. The Morgan fingerprint density at radius 1 is 1.25 bits per heavy atom. The number of halogens is 2. The molecule has 1 aromatic rings. The van der Waals surface area contributed by atoms with Crippen LogP contribution in [-0.2, 0) is 11.3 Å². The first-order chi connectivity index (χ1) is 7.74. The van der Waals surface area contributed by atoms with Crippen LogP contribution in [0, 0.1) is 11.6 Å². The molecule has 1 saturated heterocycles. The van der Waals surface area contributed by atoms with Gasteiger partial charge in [0.25, 0.3) is 0 Å². The van der Waals surface area contributed by atoms with Crippen LogP contribution in [0.5, 0.6) is 0 Å². The van der Waals surface area contributed by atoms with Gasteiger partial charge in [-0.15, -0.1) is 0 Å². The number of rotatable bonds is 2. The first kappa shape index (κ1) is 11.3. The molecule has 2 rings (SSSR count). The van der Waals surface area contributed by atoms with Crippen molar-refractivity contribution in [2.24, 2.45) is 5.73 Å². The zero-order valence-corrected chi connectivity index (χ0v) is 8.88. The fourth-order valence-electron chi connectivity index (χ4n) is 1.82. The van der Waals surface area contributed by atoms with Crippen LogP contribution in [0.2, 0.25) is 0 Å². The fraction of sp³-hybridized carbons (Fsp3) is 0.455. The van der Waals surface area contributed by atoms with E-state index < -0.39 is 11.6 Å². The lowest BCUT2D eigenvalue weighted by Crippen LogP contribution is -2.37. The normalized spacial score (nSPS) is 16.6. The van der Waals surface area contributed by atoms with E-state index in [1.807, 2.05) is 4.90 Å². The number of hydrogen-bond acceptors (Lipinski definition) is 3. The molecule has 2 N–H and O–H groups in total. The molecule has 0 aliphatic carbocycles. The average Bonchev–Trinajstić information content (AvgIpc) is 2.31. The summed E-state index contributed by atoms with van der Waals surface area (Å²) in [4.78, 5) is 1.84. The molecule has 0 saturated carbocycles. The Hall–Kier alpha value is -1.20. The Morgan fingerprint density at radius 2 is 1.94 bits per heavy atom. The number of benzene rings is 1. The molecule has 0 unspecified atom stereocenters. The van der Waals surface area contributed by atoms with Crippen LogP contribution < -0.4 is 10.6 Å². The molecule has 88 valence electrons. The van der Waals surface area contributed by atoms with Crippen LogP contribution in [0.1, 0.15) is 5.56 Å². The van der Waals surface area contributed by atoms with E-state index in [2.05, 4.69) is 0 Å². The van der Waals surface area contributed by atoms with Gasteiger partial charge in [0.2, 0.25) is 0 Å². The van der Waals surface area contributed by atoms with Crippen molar-refractivity contribution in [2.45, 2.75) is 6.54 Å². The van der Waals surface area contributed by atoms with Crippen molar-refractivity contribution in [2.75, 3.05) is 31.2 Å². The van der Waals surface area contributed by atoms with Crippen molar-refractivity contribution < 1.29 is 13.5 Å². The topological polar surface area (TPSA) is 38.5 Å². The molecule has 1 aliphatic heterocycles. The van der Waals surface area contributed by atoms with Crippen molar-refractivity contribution >= 4 is 5.69 Å². The maximum absolute atomic E-state index is 13.9. The van der Waals surface area contributed by atoms with Crippen LogP contribution in [0.4, 0.5) is 14.5 Å². The lowest BCUT2D eigenvalue weighted by molar-refractivity contribution is 0.122. The highest BCUT2D eigenvalue weighted by Gasteiger charge is 2.18. The summed E-state index contributed by atoms with van der Waals surface area (Å²) in [6.07, 6.45) is 0. The van der Waals surface area contributed by atoms with Crippen molar-refractivity contribution in [3.63, 3.8) is 0 Å². The summed E-state index contributed by atoms with van der Waals surface area (Å²) in [5.74, 6) is -1.14. The third-order valence-corrected chi connectivity index (χ3v) is 2.72. The minimum atomic E-state index is -0.586. The number of nitrogens with zero attached hydrogens (tertiary/aromatic N) is 1. The second kappa shape index (κ2) is 4.76. The van der Waals surface area contributed by atoms with Gasteiger partial charge in [0.05, 0.1) is 18.9 Å². The highest BCUT2D eigenvalue weighted by atomic mass is 19.1. The zero-order chi connectivity index (χ0) is 11.5. The summed E-state index contributed by atoms with van der Waals surface area (Å²) in [6.45, 7) is 2.23. The zero-order valence-electron chi connectivity index (χ0n) is 8.88. The Morgan fingerprint density at radius 3 is 2.56 bits per heavy atom. The molecular weight excluding hydrogens is 214 g/mol. The molecule has 0 amide bonds. The molecule has 1 heterocycles. The number of morpholine rings is 1. The summed E-state index contributed by atoms with van der Waals surface area (Å²) < 4.78 is 32.3. The predicted octanol–water partition coefficient (Wildman–Crippen LogP) is 1.26. The SMILES string of the molecule is NCc1c(F)ccc(N2CCOCC2)c1F. The van der Waals surface area contributed by atoms with E-state index in [1.54, 1.807) is 0 Å². The first-order valence-corrected chi connectivity index (χ1v) is 5.23. The molecule has 0 bridgehead atoms. The maximum atomic E-state index is 13.9. The van der Waals surface area contributed by atoms with Crippen molar-refractivity contribution in [1.82, 2.24) is 0 Å². The van der Waals surface area contributed by atoms with Crippen LogP contribution >= 0.6 is 0 Å². The summed E-state index contributed by atoms with van der Waals surface area (Å²) >= 11 is 0. The second-order valence-electron chi connectivity index (χ2n) is 3.66. The largest absolute Gasteiger partial charge is 0.378 e. The van der Waals surface area contributed by atoms with Crippen LogP contribution in [0.25, 0.3) is 0 Å². The molecule has 0 aromatic heterocycles. The number of ether oxygens (including phenoxy) is 1. The molecule has 0 spiro atoms. The van der Waals surface area contributed by atoms with Gasteiger partial charge in [0, 0.05) is 25.2 Å². The van der Waals surface area contributed by atoms with E-state index in [-0.39, 0.29) is 12.1 Å². The summed E-state index contributed by atoms with van der Waals surface area (Å²) in [5, 5.41) is 0. The molecule has 16 heavy (non-hydrogen) atoms. The molecule has 3 nitrogen and oxygen atoms in total. The summed E-state index contributed by atoms with van der Waals surface area (Å²) in [6, 6.07) is 2.71. The summed E-state index contributed by atoms with van der Waals surface area (Å²) in [5.41, 5.74) is 5.68. The maximum Gasteiger partial charge on any atom is 0.153 e. The highest BCUT2D eigenvalue weighted by Crippen LogP contribution is 2.25. The first-order valence-electron chi connectivity index (χ1n) is 5.23. The van der Waals surface area contributed by atoms with E-state index in [0.29, 0.717) is 32.0 Å². The summed E-state index contributed by atoms with van der Waals surface area (Å²) in [7, 11) is 0. The van der Waals surface area contributed by atoms with Gasteiger partial charge >= 0.3 is 0 Å². The third kappa shape index (κ3) is 2.01. The van der Waals surface area contributed by atoms with Gasteiger partial charge in [0.15, 0.2) is 5.82 Å². The lowest BCUT2D eigenvalue weighted by Gasteiger charge is -2.29. The van der Waals surface area contributed by atoms with Gasteiger partial charge in [0.1, 0.15) is 5.82 Å². The predicted molar refractivity (Wildman–Crippen MR) is 57.3 cm³/mol. The van der Waals surface area contributed by atoms with Gasteiger partial charge in [-0.1, -0.05) is 0 Å². The Balaban J connectivity index is 2.33. The quantitative estimate of drug-likeness (QED) is 0.828. The van der Waals surface area contributed by atoms with Gasteiger partial charge in [-0.25, -0.2) is 8.78 Å². The van der Waals surface area contributed by atoms with Crippen molar-refractivity contribution in [3.05, 3.63) is 29.3 Å². The molecule has 1 aromatic carbocycles. The molecular formula is C11H14F2N2O. The van der Waals surface area contributed by atoms with E-state index in [9.17, 15) is 8.78 Å². The molecule has 5 heteroatoms. The Bertz CT molecular complexity index is 378. The van der Waals surface area contributed by atoms with E-state index in [0.717, 1.165) is 0 Å². The minimum Gasteiger partial charge on any atom is -0.378 e. The number of hydrogen-bond donors (Lipinski definition) is 1. The van der Waals surface area contributed by atoms with Gasteiger partial charge in [-0.05, 0) is 12.1 Å². The van der Waals surface area contributed by atoms with Crippen LogP contribution in [0.3, 0.4) is 0 Å². The van der Waals surface area contributed by atoms with Gasteiger partial charge < -0.3 is 15.4 Å². The molecule has 0 radical (unpaired) electrons. The fourth-order valence-corrected chi connectivity index (χ4v) is 1.82. The van der Waals surface area contributed by atoms with Crippen LogP contribution in [-0.4, -0.2) is 26.3 Å². The van der Waals surface area contributed by atoms with E-state index in [1.165, 1.54) is 12.1 Å².